The van der Waals surface area contributed by atoms with Gasteiger partial charge in [-0.3, -0.25) is 29.0 Å². The van der Waals surface area contributed by atoms with Gasteiger partial charge in [-0.05, 0) is 36.2 Å². The zero-order chi connectivity index (χ0) is 19.1. The van der Waals surface area contributed by atoms with Crippen molar-refractivity contribution in [1.29, 1.82) is 0 Å². The van der Waals surface area contributed by atoms with E-state index in [9.17, 15) is 19.2 Å². The highest BCUT2D eigenvalue weighted by molar-refractivity contribution is 6.22. The van der Waals surface area contributed by atoms with Crippen LogP contribution in [0.2, 0.25) is 0 Å². The van der Waals surface area contributed by atoms with E-state index in [4.69, 9.17) is 0 Å². The Kier molecular flexibility index (Phi) is 3.96. The number of carbonyl (C=O) groups excluding carboxylic acids is 4. The Morgan fingerprint density at radius 1 is 1.00 bits per heavy atom. The average Bonchev–Trinajstić information content (AvgIpc) is 3.19. The highest BCUT2D eigenvalue weighted by Gasteiger charge is 2.36. The normalized spacial score (nSPS) is 15.7. The first kappa shape index (κ1) is 16.9. The number of benzene rings is 2. The molecule has 0 atom stereocenters. The van der Waals surface area contributed by atoms with E-state index in [1.54, 1.807) is 6.08 Å². The summed E-state index contributed by atoms with van der Waals surface area (Å²) in [6.45, 7) is 2.10. The molecule has 0 bridgehead atoms. The zero-order valence-corrected chi connectivity index (χ0v) is 14.6. The number of imide groups is 2. The maximum atomic E-state index is 12.8. The van der Waals surface area contributed by atoms with Crippen LogP contribution < -0.4 is 0 Å². The number of nitrogens with zero attached hydrogens (tertiary/aromatic N) is 2. The molecule has 0 fully saturated rings. The lowest BCUT2D eigenvalue weighted by molar-refractivity contribution is -0.124. The van der Waals surface area contributed by atoms with Gasteiger partial charge in [-0.15, -0.1) is 0 Å². The number of carbonyl (C=O) groups is 4. The fourth-order valence-corrected chi connectivity index (χ4v) is 3.29. The van der Waals surface area contributed by atoms with Gasteiger partial charge in [0.25, 0.3) is 17.7 Å². The molecule has 0 aromatic heterocycles. The number of hydrogen-bond acceptors (Lipinski definition) is 4. The van der Waals surface area contributed by atoms with E-state index < -0.39 is 11.8 Å². The Morgan fingerprint density at radius 3 is 2.44 bits per heavy atom. The second kappa shape index (κ2) is 6.32. The SMILES string of the molecule is Cc1ccccc1CN1C(=O)c2ccc(C(=O)N3C=CCC3=O)cc2C1=O. The number of amides is 4. The second-order valence-electron chi connectivity index (χ2n) is 6.54. The minimum Gasteiger partial charge on any atom is -0.274 e. The maximum Gasteiger partial charge on any atom is 0.264 e. The second-order valence-corrected chi connectivity index (χ2v) is 6.54. The summed E-state index contributed by atoms with van der Waals surface area (Å²) in [5, 5.41) is 0. The third kappa shape index (κ3) is 2.75. The molecule has 4 amide bonds. The van der Waals surface area contributed by atoms with Crippen LogP contribution >= 0.6 is 0 Å². The molecule has 0 unspecified atom stereocenters. The highest BCUT2D eigenvalue weighted by atomic mass is 16.2. The van der Waals surface area contributed by atoms with E-state index in [0.29, 0.717) is 0 Å². The monoisotopic (exact) mass is 360 g/mol. The Hall–Kier alpha value is -3.54. The molecule has 0 saturated carbocycles. The Bertz CT molecular complexity index is 1040. The molecule has 6 heteroatoms. The van der Waals surface area contributed by atoms with Gasteiger partial charge in [0.05, 0.1) is 17.7 Å². The predicted molar refractivity (Wildman–Crippen MR) is 96.8 cm³/mol. The molecule has 134 valence electrons. The van der Waals surface area contributed by atoms with Crippen LogP contribution in [0.15, 0.2) is 54.7 Å². The summed E-state index contributed by atoms with van der Waals surface area (Å²) in [5.41, 5.74) is 2.54. The van der Waals surface area contributed by atoms with Crippen molar-refractivity contribution in [2.24, 2.45) is 0 Å². The molecule has 0 spiro atoms. The fraction of sp³-hybridized carbons (Fsp3) is 0.143. The van der Waals surface area contributed by atoms with Gasteiger partial charge >= 0.3 is 0 Å². The molecule has 0 N–H and O–H groups in total. The van der Waals surface area contributed by atoms with Gasteiger partial charge in [0.15, 0.2) is 0 Å². The first-order chi connectivity index (χ1) is 13.0. The van der Waals surface area contributed by atoms with Crippen molar-refractivity contribution >= 4 is 23.6 Å². The van der Waals surface area contributed by atoms with Crippen molar-refractivity contribution in [1.82, 2.24) is 9.80 Å². The lowest BCUT2D eigenvalue weighted by atomic mass is 10.0. The Labute approximate surface area is 155 Å². The highest BCUT2D eigenvalue weighted by Crippen LogP contribution is 2.27. The predicted octanol–water partition coefficient (Wildman–Crippen LogP) is 2.68. The average molecular weight is 360 g/mol. The van der Waals surface area contributed by atoms with Crippen LogP contribution in [0.4, 0.5) is 0 Å². The zero-order valence-electron chi connectivity index (χ0n) is 14.6. The largest absolute Gasteiger partial charge is 0.274 e. The number of hydrogen-bond donors (Lipinski definition) is 0. The summed E-state index contributed by atoms with van der Waals surface area (Å²) < 4.78 is 0. The van der Waals surface area contributed by atoms with Gasteiger partial charge in [0.2, 0.25) is 5.91 Å². The summed E-state index contributed by atoms with van der Waals surface area (Å²) in [4.78, 5) is 51.9. The molecule has 27 heavy (non-hydrogen) atoms. The van der Waals surface area contributed by atoms with Crippen molar-refractivity contribution in [3.8, 4) is 0 Å². The Balaban J connectivity index is 1.64. The molecule has 0 radical (unpaired) electrons. The fourth-order valence-electron chi connectivity index (χ4n) is 3.29. The molecule has 0 aliphatic carbocycles. The van der Waals surface area contributed by atoms with Crippen LogP contribution in [0.1, 0.15) is 48.6 Å². The van der Waals surface area contributed by atoms with E-state index in [1.807, 2.05) is 31.2 Å². The molecule has 2 aromatic carbocycles. The van der Waals surface area contributed by atoms with Crippen molar-refractivity contribution in [2.75, 3.05) is 0 Å². The van der Waals surface area contributed by atoms with Crippen LogP contribution in [-0.2, 0) is 11.3 Å². The van der Waals surface area contributed by atoms with Gasteiger partial charge in [-0.2, -0.15) is 0 Å². The number of aryl methyl sites for hydroxylation is 1. The summed E-state index contributed by atoms with van der Waals surface area (Å²) >= 11 is 0. The molecule has 6 nitrogen and oxygen atoms in total. The summed E-state index contributed by atoms with van der Waals surface area (Å²) in [7, 11) is 0. The van der Waals surface area contributed by atoms with E-state index in [2.05, 4.69) is 0 Å². The molecular formula is C21H16N2O4. The Morgan fingerprint density at radius 2 is 1.74 bits per heavy atom. The lowest BCUT2D eigenvalue weighted by Gasteiger charge is -2.15. The summed E-state index contributed by atoms with van der Waals surface area (Å²) in [5.74, 6) is -1.64. The quantitative estimate of drug-likeness (QED) is 0.789. The maximum absolute atomic E-state index is 12.8. The topological polar surface area (TPSA) is 74.8 Å². The van der Waals surface area contributed by atoms with Gasteiger partial charge < -0.3 is 0 Å². The standard InChI is InChI=1S/C21H16N2O4/c1-13-5-2-3-6-15(13)12-23-20(26)16-9-8-14(11-17(16)21(23)27)19(25)22-10-4-7-18(22)24/h2-6,8-11H,7,12H2,1H3. The van der Waals surface area contributed by atoms with Crippen LogP contribution in [0, 0.1) is 6.92 Å². The van der Waals surface area contributed by atoms with Crippen LogP contribution in [-0.4, -0.2) is 33.4 Å². The molecule has 4 rings (SSSR count). The van der Waals surface area contributed by atoms with E-state index >= 15 is 0 Å². The molecule has 2 aromatic rings. The lowest BCUT2D eigenvalue weighted by Crippen LogP contribution is -2.29. The molecule has 0 saturated heterocycles. The first-order valence-electron chi connectivity index (χ1n) is 8.55. The van der Waals surface area contributed by atoms with E-state index in [0.717, 1.165) is 16.0 Å². The van der Waals surface area contributed by atoms with Gasteiger partial charge in [0, 0.05) is 18.2 Å². The van der Waals surface area contributed by atoms with Gasteiger partial charge in [-0.1, -0.05) is 30.3 Å². The molecular weight excluding hydrogens is 344 g/mol. The van der Waals surface area contributed by atoms with Crippen LogP contribution in [0.3, 0.4) is 0 Å². The van der Waals surface area contributed by atoms with Crippen LogP contribution in [0.5, 0.6) is 0 Å². The van der Waals surface area contributed by atoms with E-state index in [1.165, 1.54) is 29.3 Å². The number of fused-ring (bicyclic) bond motifs is 1. The molecule has 2 heterocycles. The third-order valence-electron chi connectivity index (χ3n) is 4.84. The minimum absolute atomic E-state index is 0.176. The first-order valence-corrected chi connectivity index (χ1v) is 8.55. The van der Waals surface area contributed by atoms with E-state index in [-0.39, 0.29) is 41.5 Å². The van der Waals surface area contributed by atoms with Gasteiger partial charge in [-0.25, -0.2) is 0 Å². The number of rotatable bonds is 3. The van der Waals surface area contributed by atoms with Crippen molar-refractivity contribution < 1.29 is 19.2 Å². The smallest absolute Gasteiger partial charge is 0.264 e. The van der Waals surface area contributed by atoms with Crippen LogP contribution in [0.25, 0.3) is 0 Å². The van der Waals surface area contributed by atoms with Crippen molar-refractivity contribution in [2.45, 2.75) is 19.9 Å². The third-order valence-corrected chi connectivity index (χ3v) is 4.84. The summed E-state index contributed by atoms with van der Waals surface area (Å²) in [6.07, 6.45) is 3.21. The molecule has 2 aliphatic rings. The summed E-state index contributed by atoms with van der Waals surface area (Å²) in [6, 6.07) is 11.9. The van der Waals surface area contributed by atoms with Gasteiger partial charge in [0.1, 0.15) is 0 Å². The molecule has 2 aliphatic heterocycles. The van der Waals surface area contributed by atoms with Crippen molar-refractivity contribution in [3.05, 3.63) is 82.6 Å². The minimum atomic E-state index is -0.505. The van der Waals surface area contributed by atoms with Crippen molar-refractivity contribution in [3.63, 3.8) is 0 Å².